The first-order chi connectivity index (χ1) is 14.1. The second-order valence-corrected chi connectivity index (χ2v) is 8.34. The maximum absolute atomic E-state index is 6.64. The van der Waals surface area contributed by atoms with Crippen molar-refractivity contribution in [3.63, 3.8) is 0 Å². The van der Waals surface area contributed by atoms with Crippen molar-refractivity contribution in [1.29, 1.82) is 0 Å². The number of benzene rings is 2. The zero-order valence-electron chi connectivity index (χ0n) is 16.7. The standard InChI is InChI=1S/C26H20N2O/c1-15-9-10-16-17-11-12-19-22(18-7-6-14-28-25(18)26(19,2)3)24(17)29-23(16)21(15)20-8-4-5-13-27-20/h4-14H,1-3H3. The van der Waals surface area contributed by atoms with Gasteiger partial charge in [-0.05, 0) is 36.2 Å². The molecular weight excluding hydrogens is 356 g/mol. The minimum atomic E-state index is -0.140. The SMILES string of the molecule is Cc1ccc2c(oc3c4c(ccc32)C(C)(C)c2ncccc2-4)c1-c1ccccn1. The van der Waals surface area contributed by atoms with Crippen molar-refractivity contribution in [2.24, 2.45) is 0 Å². The molecule has 0 saturated carbocycles. The lowest BCUT2D eigenvalue weighted by Gasteiger charge is -2.19. The summed E-state index contributed by atoms with van der Waals surface area (Å²) in [5.41, 5.74) is 9.61. The molecule has 3 heteroatoms. The topological polar surface area (TPSA) is 38.9 Å². The molecule has 5 aromatic rings. The zero-order valence-corrected chi connectivity index (χ0v) is 16.7. The summed E-state index contributed by atoms with van der Waals surface area (Å²) in [7, 11) is 0. The zero-order chi connectivity index (χ0) is 19.8. The van der Waals surface area contributed by atoms with Crippen molar-refractivity contribution >= 4 is 21.9 Å². The summed E-state index contributed by atoms with van der Waals surface area (Å²) in [6.07, 6.45) is 3.71. The van der Waals surface area contributed by atoms with Crippen molar-refractivity contribution < 1.29 is 4.42 Å². The van der Waals surface area contributed by atoms with Crippen LogP contribution >= 0.6 is 0 Å². The molecule has 29 heavy (non-hydrogen) atoms. The van der Waals surface area contributed by atoms with Crippen LogP contribution in [0.5, 0.6) is 0 Å². The maximum atomic E-state index is 6.64. The quantitative estimate of drug-likeness (QED) is 0.328. The third-order valence-electron chi connectivity index (χ3n) is 6.28. The van der Waals surface area contributed by atoms with E-state index in [9.17, 15) is 0 Å². The molecule has 1 aliphatic carbocycles. The molecule has 0 bridgehead atoms. The number of hydrogen-bond acceptors (Lipinski definition) is 3. The van der Waals surface area contributed by atoms with E-state index in [1.54, 1.807) is 0 Å². The Morgan fingerprint density at radius 3 is 2.31 bits per heavy atom. The van der Waals surface area contributed by atoms with Gasteiger partial charge in [0.1, 0.15) is 11.2 Å². The highest BCUT2D eigenvalue weighted by molar-refractivity contribution is 6.14. The third kappa shape index (κ3) is 2.07. The van der Waals surface area contributed by atoms with Gasteiger partial charge < -0.3 is 4.42 Å². The molecular formula is C26H20N2O. The lowest BCUT2D eigenvalue weighted by Crippen LogP contribution is -2.16. The molecule has 0 spiro atoms. The van der Waals surface area contributed by atoms with Gasteiger partial charge >= 0.3 is 0 Å². The first-order valence-corrected chi connectivity index (χ1v) is 9.94. The Hall–Kier alpha value is -3.46. The average Bonchev–Trinajstić information content (AvgIpc) is 3.22. The van der Waals surface area contributed by atoms with Crippen molar-refractivity contribution in [1.82, 2.24) is 9.97 Å². The van der Waals surface area contributed by atoms with E-state index in [0.29, 0.717) is 0 Å². The summed E-state index contributed by atoms with van der Waals surface area (Å²) in [6, 6.07) is 18.9. The molecule has 3 aromatic heterocycles. The molecule has 0 aliphatic heterocycles. The largest absolute Gasteiger partial charge is 0.455 e. The molecule has 6 rings (SSSR count). The van der Waals surface area contributed by atoms with E-state index in [1.807, 2.05) is 36.7 Å². The van der Waals surface area contributed by atoms with Gasteiger partial charge in [0.05, 0.1) is 11.4 Å². The van der Waals surface area contributed by atoms with Crippen LogP contribution in [0.2, 0.25) is 0 Å². The minimum Gasteiger partial charge on any atom is -0.455 e. The van der Waals surface area contributed by atoms with Crippen LogP contribution in [-0.4, -0.2) is 9.97 Å². The number of fused-ring (bicyclic) bond motifs is 7. The lowest BCUT2D eigenvalue weighted by atomic mass is 9.85. The first-order valence-electron chi connectivity index (χ1n) is 9.94. The van der Waals surface area contributed by atoms with Crippen LogP contribution in [0.1, 0.15) is 30.7 Å². The number of furan rings is 1. The van der Waals surface area contributed by atoms with Gasteiger partial charge in [-0.15, -0.1) is 0 Å². The predicted molar refractivity (Wildman–Crippen MR) is 117 cm³/mol. The fourth-order valence-corrected chi connectivity index (χ4v) is 4.85. The van der Waals surface area contributed by atoms with Crippen LogP contribution in [0.25, 0.3) is 44.3 Å². The lowest BCUT2D eigenvalue weighted by molar-refractivity contribution is 0.634. The van der Waals surface area contributed by atoms with Crippen LogP contribution in [0.4, 0.5) is 0 Å². The summed E-state index contributed by atoms with van der Waals surface area (Å²) in [6.45, 7) is 6.59. The highest BCUT2D eigenvalue weighted by Crippen LogP contribution is 2.52. The van der Waals surface area contributed by atoms with E-state index in [4.69, 9.17) is 9.40 Å². The van der Waals surface area contributed by atoms with Crippen LogP contribution in [0.15, 0.2) is 71.4 Å². The minimum absolute atomic E-state index is 0.140. The summed E-state index contributed by atoms with van der Waals surface area (Å²) >= 11 is 0. The molecule has 0 radical (unpaired) electrons. The Morgan fingerprint density at radius 2 is 1.52 bits per heavy atom. The van der Waals surface area contributed by atoms with Gasteiger partial charge in [0.15, 0.2) is 0 Å². The number of aryl methyl sites for hydroxylation is 1. The summed E-state index contributed by atoms with van der Waals surface area (Å²) in [4.78, 5) is 9.31. The van der Waals surface area contributed by atoms with Crippen LogP contribution in [0, 0.1) is 6.92 Å². The van der Waals surface area contributed by atoms with Crippen molar-refractivity contribution in [2.45, 2.75) is 26.2 Å². The van der Waals surface area contributed by atoms with Crippen molar-refractivity contribution in [3.8, 4) is 22.4 Å². The Balaban J connectivity index is 1.77. The normalized spacial score (nSPS) is 14.3. The fourth-order valence-electron chi connectivity index (χ4n) is 4.85. The monoisotopic (exact) mass is 376 g/mol. The average molecular weight is 376 g/mol. The number of hydrogen-bond donors (Lipinski definition) is 0. The first kappa shape index (κ1) is 16.5. The van der Waals surface area contributed by atoms with Crippen LogP contribution in [-0.2, 0) is 5.41 Å². The molecule has 0 saturated heterocycles. The fraction of sp³-hybridized carbons (Fsp3) is 0.154. The number of pyridine rings is 2. The van der Waals surface area contributed by atoms with Gasteiger partial charge in [0.2, 0.25) is 0 Å². The summed E-state index contributed by atoms with van der Waals surface area (Å²) in [5, 5.41) is 2.27. The van der Waals surface area contributed by atoms with Gasteiger partial charge in [0, 0.05) is 45.3 Å². The Bertz CT molecular complexity index is 1430. The summed E-state index contributed by atoms with van der Waals surface area (Å²) < 4.78 is 6.64. The van der Waals surface area contributed by atoms with E-state index >= 15 is 0 Å². The molecule has 3 nitrogen and oxygen atoms in total. The molecule has 2 aromatic carbocycles. The van der Waals surface area contributed by atoms with Gasteiger partial charge in [-0.3, -0.25) is 9.97 Å². The third-order valence-corrected chi connectivity index (χ3v) is 6.28. The van der Waals surface area contributed by atoms with E-state index in [1.165, 1.54) is 16.7 Å². The smallest absolute Gasteiger partial charge is 0.145 e. The Kier molecular flexibility index (Phi) is 3.15. The molecule has 140 valence electrons. The second-order valence-electron chi connectivity index (χ2n) is 8.34. The van der Waals surface area contributed by atoms with Crippen molar-refractivity contribution in [2.75, 3.05) is 0 Å². The highest BCUT2D eigenvalue weighted by Gasteiger charge is 2.38. The van der Waals surface area contributed by atoms with Crippen LogP contribution < -0.4 is 0 Å². The van der Waals surface area contributed by atoms with E-state index < -0.39 is 0 Å². The van der Waals surface area contributed by atoms with Gasteiger partial charge in [0.25, 0.3) is 0 Å². The number of nitrogens with zero attached hydrogens (tertiary/aromatic N) is 2. The van der Waals surface area contributed by atoms with Gasteiger partial charge in [-0.2, -0.15) is 0 Å². The van der Waals surface area contributed by atoms with E-state index in [-0.39, 0.29) is 5.41 Å². The molecule has 0 atom stereocenters. The van der Waals surface area contributed by atoms with Crippen molar-refractivity contribution in [3.05, 3.63) is 83.8 Å². The summed E-state index contributed by atoms with van der Waals surface area (Å²) in [5.74, 6) is 0. The molecule has 0 unspecified atom stereocenters. The van der Waals surface area contributed by atoms with Gasteiger partial charge in [-0.25, -0.2) is 0 Å². The van der Waals surface area contributed by atoms with Crippen LogP contribution in [0.3, 0.4) is 0 Å². The van der Waals surface area contributed by atoms with E-state index in [2.05, 4.69) is 56.1 Å². The number of rotatable bonds is 1. The molecule has 0 N–H and O–H groups in total. The molecule has 0 amide bonds. The van der Waals surface area contributed by atoms with E-state index in [0.717, 1.165) is 44.5 Å². The van der Waals surface area contributed by atoms with Gasteiger partial charge in [-0.1, -0.05) is 50.2 Å². The second kappa shape index (κ2) is 5.54. The molecule has 3 heterocycles. The number of aromatic nitrogens is 2. The Labute approximate surface area is 169 Å². The maximum Gasteiger partial charge on any atom is 0.145 e. The predicted octanol–water partition coefficient (Wildman–Crippen LogP) is 6.66. The Morgan fingerprint density at radius 1 is 0.759 bits per heavy atom. The highest BCUT2D eigenvalue weighted by atomic mass is 16.3. The molecule has 0 fully saturated rings. The molecule has 1 aliphatic rings.